The van der Waals surface area contributed by atoms with Gasteiger partial charge in [0.2, 0.25) is 0 Å². The van der Waals surface area contributed by atoms with Gasteiger partial charge in [0.25, 0.3) is 0 Å². The molecule has 0 spiro atoms. The van der Waals surface area contributed by atoms with E-state index in [1.807, 2.05) is 13.1 Å². The molecule has 0 heterocycles. The molecule has 1 atom stereocenters. The minimum Gasteiger partial charge on any atom is -0.656 e. The minimum atomic E-state index is -0.0712. The lowest BCUT2D eigenvalue weighted by Crippen LogP contribution is -2.18. The van der Waals surface area contributed by atoms with Crippen molar-refractivity contribution in [2.24, 2.45) is 0 Å². The van der Waals surface area contributed by atoms with Gasteiger partial charge in [0.1, 0.15) is 0 Å². The molecule has 22 heavy (non-hydrogen) atoms. The molecule has 0 aliphatic rings. The van der Waals surface area contributed by atoms with Crippen LogP contribution in [-0.2, 0) is 0 Å². The Morgan fingerprint density at radius 3 is 1.86 bits per heavy atom. The summed E-state index contributed by atoms with van der Waals surface area (Å²) in [6.07, 6.45) is 15.8. The molecule has 0 rings (SSSR count). The number of rotatable bonds is 11. The lowest BCUT2D eigenvalue weighted by Gasteiger charge is -2.38. The van der Waals surface area contributed by atoms with Gasteiger partial charge in [-0.15, -0.1) is 18.2 Å². The summed E-state index contributed by atoms with van der Waals surface area (Å²) in [5.74, 6) is 0. The van der Waals surface area contributed by atoms with Crippen molar-refractivity contribution >= 4 is 0 Å². The van der Waals surface area contributed by atoms with Crippen LogP contribution < -0.4 is 0 Å². The predicted molar refractivity (Wildman–Crippen MR) is 103 cm³/mol. The monoisotopic (exact) mass is 302 g/mol. The fourth-order valence-corrected chi connectivity index (χ4v) is 2.25. The molecule has 126 valence electrons. The van der Waals surface area contributed by atoms with Crippen molar-refractivity contribution in [3.8, 4) is 0 Å². The molecule has 0 saturated heterocycles. The fourth-order valence-electron chi connectivity index (χ4n) is 2.25. The lowest BCUT2D eigenvalue weighted by atomic mass is 9.95. The lowest BCUT2D eigenvalue weighted by molar-refractivity contribution is 0.602. The molecule has 0 saturated carbocycles. The Morgan fingerprint density at radius 1 is 0.909 bits per heavy atom. The summed E-state index contributed by atoms with van der Waals surface area (Å²) in [6.45, 7) is 14.8. The Labute approximate surface area is 139 Å². The minimum absolute atomic E-state index is 0.0712. The maximum atomic E-state index is 4.40. The average molecular weight is 303 g/mol. The van der Waals surface area contributed by atoms with Crippen LogP contribution in [0.3, 0.4) is 0 Å². The van der Waals surface area contributed by atoms with E-state index in [2.05, 4.69) is 64.7 Å². The van der Waals surface area contributed by atoms with Gasteiger partial charge in [-0.2, -0.15) is 7.05 Å². The van der Waals surface area contributed by atoms with E-state index in [4.69, 9.17) is 0 Å². The van der Waals surface area contributed by atoms with Crippen molar-refractivity contribution in [2.75, 3.05) is 7.05 Å². The van der Waals surface area contributed by atoms with Crippen molar-refractivity contribution in [2.45, 2.75) is 78.7 Å². The van der Waals surface area contributed by atoms with Gasteiger partial charge in [-0.1, -0.05) is 48.3 Å². The molecule has 0 radical (unpaired) electrons. The number of hydrogen-bond acceptors (Lipinski definition) is 0. The molecule has 0 N–H and O–H groups in total. The third-order valence-corrected chi connectivity index (χ3v) is 4.22. The maximum absolute atomic E-state index is 4.40. The Bertz CT molecular complexity index is 408. The Balaban J connectivity index is 4.06. The van der Waals surface area contributed by atoms with E-state index in [-0.39, 0.29) is 5.54 Å². The molecule has 0 aromatic carbocycles. The standard InChI is InChI=1S/C21H36N/c1-8-21(6,22-7)17-11-16-20(5)15-10-14-19(4)13-9-12-18(2)3/h8,12,14,16H,1,9-11,13,15,17H2,2-7H3/q-1. The first-order chi connectivity index (χ1) is 10.3. The van der Waals surface area contributed by atoms with Gasteiger partial charge >= 0.3 is 0 Å². The SMILES string of the molecule is C=CC(C)(CCC=C(C)CCC=C(C)CCC=C(C)C)[N-]C. The third-order valence-electron chi connectivity index (χ3n) is 4.22. The van der Waals surface area contributed by atoms with Crippen molar-refractivity contribution < 1.29 is 0 Å². The molecule has 0 amide bonds. The van der Waals surface area contributed by atoms with Gasteiger partial charge in [-0.05, 0) is 59.8 Å². The van der Waals surface area contributed by atoms with Crippen LogP contribution in [0.15, 0.2) is 47.6 Å². The summed E-state index contributed by atoms with van der Waals surface area (Å²) in [5, 5.41) is 4.40. The van der Waals surface area contributed by atoms with Crippen molar-refractivity contribution in [1.29, 1.82) is 0 Å². The zero-order valence-electron chi connectivity index (χ0n) is 15.7. The normalized spacial score (nSPS) is 15.4. The van der Waals surface area contributed by atoms with E-state index in [9.17, 15) is 0 Å². The van der Waals surface area contributed by atoms with Crippen molar-refractivity contribution in [3.05, 3.63) is 52.9 Å². The summed E-state index contributed by atoms with van der Waals surface area (Å²) in [7, 11) is 1.88. The third kappa shape index (κ3) is 10.6. The second-order valence-electron chi connectivity index (χ2n) is 6.78. The smallest absolute Gasteiger partial charge is 0.0288 e. The van der Waals surface area contributed by atoms with Crippen LogP contribution >= 0.6 is 0 Å². The van der Waals surface area contributed by atoms with Crippen molar-refractivity contribution in [1.82, 2.24) is 0 Å². The molecule has 0 bridgehead atoms. The molecule has 0 aliphatic carbocycles. The summed E-state index contributed by atoms with van der Waals surface area (Å²) in [5.41, 5.74) is 4.33. The van der Waals surface area contributed by atoms with E-state index in [1.165, 1.54) is 29.6 Å². The second kappa shape index (κ2) is 11.5. The summed E-state index contributed by atoms with van der Waals surface area (Å²) in [6, 6.07) is 0. The average Bonchev–Trinajstić information content (AvgIpc) is 2.46. The maximum Gasteiger partial charge on any atom is -0.0288 e. The van der Waals surface area contributed by atoms with Gasteiger partial charge in [-0.25, -0.2) is 0 Å². The largest absolute Gasteiger partial charge is 0.656 e. The molecule has 0 aromatic rings. The van der Waals surface area contributed by atoms with E-state index < -0.39 is 0 Å². The highest BCUT2D eigenvalue weighted by atomic mass is 14.9. The molecule has 0 fully saturated rings. The molecule has 1 heteroatoms. The molecule has 1 unspecified atom stereocenters. The first-order valence-electron chi connectivity index (χ1n) is 8.52. The van der Waals surface area contributed by atoms with Crippen molar-refractivity contribution in [3.63, 3.8) is 0 Å². The fraction of sp³-hybridized carbons (Fsp3) is 0.619. The zero-order chi connectivity index (χ0) is 17.0. The van der Waals surface area contributed by atoms with E-state index in [0.717, 1.165) is 25.7 Å². The summed E-state index contributed by atoms with van der Waals surface area (Å²) in [4.78, 5) is 0. The number of nitrogens with zero attached hydrogens (tertiary/aromatic N) is 1. The molecule has 0 aliphatic heterocycles. The van der Waals surface area contributed by atoms with Crippen LogP contribution in [0.5, 0.6) is 0 Å². The van der Waals surface area contributed by atoms with Crippen LogP contribution in [-0.4, -0.2) is 12.6 Å². The highest BCUT2D eigenvalue weighted by molar-refractivity contribution is 5.14. The van der Waals surface area contributed by atoms with Crippen LogP contribution in [0, 0.1) is 0 Å². The van der Waals surface area contributed by atoms with Crippen LogP contribution in [0.1, 0.15) is 73.1 Å². The van der Waals surface area contributed by atoms with Gasteiger partial charge in [-0.3, -0.25) is 0 Å². The Hall–Kier alpha value is -1.08. The molecular formula is C21H36N-. The summed E-state index contributed by atoms with van der Waals surface area (Å²) >= 11 is 0. The number of hydrogen-bond donors (Lipinski definition) is 0. The van der Waals surface area contributed by atoms with E-state index in [0.29, 0.717) is 0 Å². The van der Waals surface area contributed by atoms with Gasteiger partial charge in [0, 0.05) is 0 Å². The zero-order valence-corrected chi connectivity index (χ0v) is 15.7. The van der Waals surface area contributed by atoms with Gasteiger partial charge in [0.15, 0.2) is 0 Å². The first-order valence-corrected chi connectivity index (χ1v) is 8.52. The molecule has 1 nitrogen and oxygen atoms in total. The first kappa shape index (κ1) is 20.9. The van der Waals surface area contributed by atoms with Crippen LogP contribution in [0.4, 0.5) is 0 Å². The predicted octanol–water partition coefficient (Wildman–Crippen LogP) is 7.13. The number of likely N-dealkylation sites (N-methyl/N-ethyl adjacent to an activating group) is 1. The van der Waals surface area contributed by atoms with Crippen LogP contribution in [0.2, 0.25) is 0 Å². The summed E-state index contributed by atoms with van der Waals surface area (Å²) < 4.78 is 0. The quantitative estimate of drug-likeness (QED) is 0.360. The second-order valence-corrected chi connectivity index (χ2v) is 6.78. The van der Waals surface area contributed by atoms with Gasteiger partial charge < -0.3 is 5.32 Å². The number of allylic oxidation sites excluding steroid dienone is 6. The Morgan fingerprint density at radius 2 is 1.41 bits per heavy atom. The van der Waals surface area contributed by atoms with E-state index in [1.54, 1.807) is 0 Å². The molecule has 0 aromatic heterocycles. The van der Waals surface area contributed by atoms with Crippen LogP contribution in [0.25, 0.3) is 5.32 Å². The topological polar surface area (TPSA) is 14.1 Å². The van der Waals surface area contributed by atoms with E-state index >= 15 is 0 Å². The highest BCUT2D eigenvalue weighted by Gasteiger charge is 2.05. The Kier molecular flexibility index (Phi) is 10.9. The molecular weight excluding hydrogens is 266 g/mol. The van der Waals surface area contributed by atoms with Gasteiger partial charge in [0.05, 0.1) is 0 Å². The highest BCUT2D eigenvalue weighted by Crippen LogP contribution is 2.23.